The topological polar surface area (TPSA) is 101 Å². The molecule has 0 saturated carbocycles. The number of rotatable bonds is 5. The van der Waals surface area contributed by atoms with Crippen molar-refractivity contribution in [2.45, 2.75) is 13.5 Å². The molecular formula is C23H20ClN3O4S. The van der Waals surface area contributed by atoms with Crippen LogP contribution in [0.5, 0.6) is 0 Å². The Morgan fingerprint density at radius 3 is 2.56 bits per heavy atom. The maximum absolute atomic E-state index is 13.3. The summed E-state index contributed by atoms with van der Waals surface area (Å²) in [4.78, 5) is 28.6. The molecule has 0 fully saturated rings. The molecule has 1 amide bonds. The number of sulfonamides is 1. The number of H-pyrrole nitrogens is 1. The summed E-state index contributed by atoms with van der Waals surface area (Å²) in [6.07, 6.45) is 2.40. The standard InChI is InChI=1S/C23H20ClN3O4S/c1-14-6-3-4-7-15(14)13-27-19-10-9-16(24)12-18(19)20(17-8-5-11-25-22(17)28)21(27)23(29)26-32(2,30)31/h3-12H,13H2,1-2H3,(H,25,28)(H,26,29). The smallest absolute Gasteiger partial charge is 0.282 e. The van der Waals surface area contributed by atoms with Crippen molar-refractivity contribution in [3.63, 3.8) is 0 Å². The van der Waals surface area contributed by atoms with Gasteiger partial charge in [-0.1, -0.05) is 35.9 Å². The molecule has 0 unspecified atom stereocenters. The normalized spacial score (nSPS) is 11.6. The number of hydrogen-bond acceptors (Lipinski definition) is 4. The van der Waals surface area contributed by atoms with Gasteiger partial charge >= 0.3 is 0 Å². The molecule has 32 heavy (non-hydrogen) atoms. The fourth-order valence-corrected chi connectivity index (χ4v) is 4.40. The number of amides is 1. The van der Waals surface area contributed by atoms with Crippen molar-refractivity contribution in [3.05, 3.63) is 93.0 Å². The van der Waals surface area contributed by atoms with E-state index in [4.69, 9.17) is 11.6 Å². The average molecular weight is 470 g/mol. The Morgan fingerprint density at radius 1 is 1.12 bits per heavy atom. The molecule has 2 N–H and O–H groups in total. The molecule has 2 heterocycles. The second-order valence-electron chi connectivity index (χ2n) is 7.51. The first kappa shape index (κ1) is 21.9. The number of fused-ring (bicyclic) bond motifs is 1. The first-order valence-electron chi connectivity index (χ1n) is 9.72. The van der Waals surface area contributed by atoms with E-state index in [2.05, 4.69) is 4.98 Å². The number of aromatic amines is 1. The minimum Gasteiger partial charge on any atom is -0.331 e. The highest BCUT2D eigenvalue weighted by Crippen LogP contribution is 2.36. The van der Waals surface area contributed by atoms with E-state index in [0.717, 1.165) is 17.4 Å². The molecule has 7 nitrogen and oxygen atoms in total. The molecule has 0 aliphatic rings. The number of aryl methyl sites for hydroxylation is 1. The highest BCUT2D eigenvalue weighted by molar-refractivity contribution is 7.89. The molecular weight excluding hydrogens is 450 g/mol. The Kier molecular flexibility index (Phi) is 5.66. The monoisotopic (exact) mass is 469 g/mol. The fraction of sp³-hybridized carbons (Fsp3) is 0.130. The lowest BCUT2D eigenvalue weighted by molar-refractivity contribution is 0.0974. The van der Waals surface area contributed by atoms with Gasteiger partial charge in [-0.2, -0.15) is 0 Å². The van der Waals surface area contributed by atoms with Crippen LogP contribution in [0.4, 0.5) is 0 Å². The molecule has 4 rings (SSSR count). The highest BCUT2D eigenvalue weighted by Gasteiger charge is 2.27. The van der Waals surface area contributed by atoms with E-state index < -0.39 is 21.5 Å². The van der Waals surface area contributed by atoms with Gasteiger partial charge in [0.25, 0.3) is 11.5 Å². The van der Waals surface area contributed by atoms with E-state index in [1.807, 2.05) is 35.9 Å². The number of carbonyl (C=O) groups is 1. The minimum absolute atomic E-state index is 0.0626. The molecule has 0 aliphatic heterocycles. The lowest BCUT2D eigenvalue weighted by atomic mass is 10.0. The van der Waals surface area contributed by atoms with Crippen LogP contribution >= 0.6 is 11.6 Å². The molecule has 0 bridgehead atoms. The lowest BCUT2D eigenvalue weighted by Crippen LogP contribution is -2.32. The number of hydrogen-bond donors (Lipinski definition) is 2. The number of carbonyl (C=O) groups excluding carboxylic acids is 1. The van der Waals surface area contributed by atoms with Crippen LogP contribution in [0.25, 0.3) is 22.0 Å². The Balaban J connectivity index is 2.10. The van der Waals surface area contributed by atoms with Crippen molar-refractivity contribution < 1.29 is 13.2 Å². The van der Waals surface area contributed by atoms with Gasteiger partial charge in [0, 0.05) is 39.8 Å². The van der Waals surface area contributed by atoms with E-state index in [0.29, 0.717) is 28.0 Å². The first-order valence-corrected chi connectivity index (χ1v) is 12.0. The number of nitrogens with one attached hydrogen (secondary N) is 2. The van der Waals surface area contributed by atoms with Crippen molar-refractivity contribution in [3.8, 4) is 11.1 Å². The SMILES string of the molecule is Cc1ccccc1Cn1c(C(=O)NS(C)(=O)=O)c(-c2ccc[nH]c2=O)c2cc(Cl)ccc21. The molecule has 2 aromatic carbocycles. The summed E-state index contributed by atoms with van der Waals surface area (Å²) in [5.41, 5.74) is 2.82. The van der Waals surface area contributed by atoms with Crippen molar-refractivity contribution in [1.82, 2.24) is 14.3 Å². The molecule has 4 aromatic rings. The number of aromatic nitrogens is 2. The first-order chi connectivity index (χ1) is 15.2. The van der Waals surface area contributed by atoms with Crippen LogP contribution in [-0.2, 0) is 16.6 Å². The second-order valence-corrected chi connectivity index (χ2v) is 9.70. The molecule has 0 saturated heterocycles. The van der Waals surface area contributed by atoms with Crippen LogP contribution in [0.3, 0.4) is 0 Å². The minimum atomic E-state index is -3.85. The second kappa shape index (κ2) is 8.29. The predicted molar refractivity (Wildman–Crippen MR) is 126 cm³/mol. The highest BCUT2D eigenvalue weighted by atomic mass is 35.5. The Morgan fingerprint density at radius 2 is 1.88 bits per heavy atom. The summed E-state index contributed by atoms with van der Waals surface area (Å²) < 4.78 is 27.6. The largest absolute Gasteiger partial charge is 0.331 e. The van der Waals surface area contributed by atoms with E-state index in [1.165, 1.54) is 6.20 Å². The average Bonchev–Trinajstić information content (AvgIpc) is 3.02. The van der Waals surface area contributed by atoms with Gasteiger partial charge < -0.3 is 9.55 Å². The molecule has 0 radical (unpaired) electrons. The van der Waals surface area contributed by atoms with Crippen molar-refractivity contribution in [1.29, 1.82) is 0 Å². The van der Waals surface area contributed by atoms with Crippen LogP contribution in [0.15, 0.2) is 65.6 Å². The van der Waals surface area contributed by atoms with Crippen LogP contribution in [-0.4, -0.2) is 30.1 Å². The molecule has 164 valence electrons. The third-order valence-electron chi connectivity index (χ3n) is 5.20. The van der Waals surface area contributed by atoms with Gasteiger partial charge in [-0.05, 0) is 48.4 Å². The molecule has 2 aromatic heterocycles. The maximum atomic E-state index is 13.3. The molecule has 0 spiro atoms. The third kappa shape index (κ3) is 4.19. The number of halogens is 1. The summed E-state index contributed by atoms with van der Waals surface area (Å²) in [6, 6.07) is 16.0. The number of benzene rings is 2. The quantitative estimate of drug-likeness (QED) is 0.465. The van der Waals surface area contributed by atoms with Gasteiger partial charge in [0.1, 0.15) is 5.69 Å². The molecule has 0 atom stereocenters. The van der Waals surface area contributed by atoms with E-state index in [-0.39, 0.29) is 11.3 Å². The van der Waals surface area contributed by atoms with E-state index in [9.17, 15) is 18.0 Å². The Labute approximate surface area is 189 Å². The zero-order valence-electron chi connectivity index (χ0n) is 17.3. The van der Waals surface area contributed by atoms with Crippen molar-refractivity contribution >= 4 is 38.4 Å². The van der Waals surface area contributed by atoms with Crippen LogP contribution in [0.1, 0.15) is 21.6 Å². The summed E-state index contributed by atoms with van der Waals surface area (Å²) in [7, 11) is -3.85. The summed E-state index contributed by atoms with van der Waals surface area (Å²) >= 11 is 6.26. The van der Waals surface area contributed by atoms with E-state index >= 15 is 0 Å². The van der Waals surface area contributed by atoms with Crippen molar-refractivity contribution in [2.75, 3.05) is 6.26 Å². The van der Waals surface area contributed by atoms with Crippen molar-refractivity contribution in [2.24, 2.45) is 0 Å². The Bertz CT molecular complexity index is 1520. The van der Waals surface area contributed by atoms with Crippen LogP contribution in [0, 0.1) is 6.92 Å². The van der Waals surface area contributed by atoms with Crippen LogP contribution in [0.2, 0.25) is 5.02 Å². The van der Waals surface area contributed by atoms with Gasteiger partial charge in [0.2, 0.25) is 10.0 Å². The molecule has 0 aliphatic carbocycles. The molecule has 9 heteroatoms. The number of nitrogens with zero attached hydrogens (tertiary/aromatic N) is 1. The van der Waals surface area contributed by atoms with Gasteiger partial charge in [0.15, 0.2) is 0 Å². The summed E-state index contributed by atoms with van der Waals surface area (Å²) in [5.74, 6) is -0.827. The van der Waals surface area contributed by atoms with Crippen LogP contribution < -0.4 is 10.3 Å². The zero-order valence-corrected chi connectivity index (χ0v) is 18.9. The number of pyridine rings is 1. The summed E-state index contributed by atoms with van der Waals surface area (Å²) in [6.45, 7) is 2.25. The third-order valence-corrected chi connectivity index (χ3v) is 5.99. The van der Waals surface area contributed by atoms with Gasteiger partial charge in [-0.25, -0.2) is 13.1 Å². The predicted octanol–water partition coefficient (Wildman–Crippen LogP) is 3.70. The lowest BCUT2D eigenvalue weighted by Gasteiger charge is -2.13. The zero-order chi connectivity index (χ0) is 23.0. The summed E-state index contributed by atoms with van der Waals surface area (Å²) in [5, 5.41) is 0.996. The Hall–Kier alpha value is -3.36. The maximum Gasteiger partial charge on any atom is 0.282 e. The fourth-order valence-electron chi connectivity index (χ4n) is 3.79. The van der Waals surface area contributed by atoms with E-state index in [1.54, 1.807) is 34.9 Å². The van der Waals surface area contributed by atoms with Gasteiger partial charge in [-0.3, -0.25) is 9.59 Å². The van der Waals surface area contributed by atoms with Gasteiger partial charge in [-0.15, -0.1) is 0 Å². The van der Waals surface area contributed by atoms with Gasteiger partial charge in [0.05, 0.1) is 6.26 Å².